The molecular formula is C35H30N4NaO8S2+. The summed E-state index contributed by atoms with van der Waals surface area (Å²) < 4.78 is 88.6. The first kappa shape index (κ1) is 34.3. The van der Waals surface area contributed by atoms with Crippen LogP contribution in [0, 0.1) is 0 Å². The van der Waals surface area contributed by atoms with E-state index in [0.29, 0.717) is 34.5 Å². The zero-order valence-corrected chi connectivity index (χ0v) is 31.2. The van der Waals surface area contributed by atoms with Gasteiger partial charge in [0.2, 0.25) is 17.3 Å². The number of rotatable bonds is 7. The van der Waals surface area contributed by atoms with Crippen molar-refractivity contribution in [3.63, 3.8) is 0 Å². The van der Waals surface area contributed by atoms with Crippen LogP contribution in [0.2, 0.25) is 0 Å². The number of aryl methyl sites for hydroxylation is 2. The molecule has 0 saturated carbocycles. The molecule has 4 aromatic carbocycles. The van der Waals surface area contributed by atoms with Gasteiger partial charge in [0.1, 0.15) is 0 Å². The van der Waals surface area contributed by atoms with Crippen LogP contribution in [0.1, 0.15) is 19.2 Å². The number of allylic oxidation sites excluding steroid dienone is 2. The third kappa shape index (κ3) is 5.80. The summed E-state index contributed by atoms with van der Waals surface area (Å²) in [4.78, 5) is 1.38. The van der Waals surface area contributed by atoms with Crippen molar-refractivity contribution < 1.29 is 69.2 Å². The van der Waals surface area contributed by atoms with Crippen LogP contribution in [0.25, 0.3) is 60.8 Å². The summed E-state index contributed by atoms with van der Waals surface area (Å²) in [5.41, 5.74) is 5.56. The molecule has 0 fully saturated rings. The van der Waals surface area contributed by atoms with Crippen molar-refractivity contribution in [1.29, 1.82) is 0 Å². The molecule has 15 heteroatoms. The summed E-state index contributed by atoms with van der Waals surface area (Å²) in [6, 6.07) is 23.0. The van der Waals surface area contributed by atoms with E-state index in [4.69, 9.17) is 9.15 Å². The maximum atomic E-state index is 12.2. The fraction of sp³-hybridized carbons (Fsp3) is 0.171. The normalized spacial score (nSPS) is 14.8. The molecule has 1 aliphatic rings. The maximum Gasteiger partial charge on any atom is 1.00 e. The van der Waals surface area contributed by atoms with Crippen molar-refractivity contribution in [2.45, 2.75) is 19.2 Å². The van der Waals surface area contributed by atoms with Gasteiger partial charge in [-0.3, -0.25) is 9.45 Å². The molecular weight excluding hydrogens is 692 g/mol. The molecule has 0 unspecified atom stereocenters. The number of aromatic nitrogens is 3. The van der Waals surface area contributed by atoms with E-state index >= 15 is 0 Å². The fourth-order valence-corrected chi connectivity index (χ4v) is 8.05. The van der Waals surface area contributed by atoms with E-state index in [2.05, 4.69) is 0 Å². The van der Waals surface area contributed by atoms with E-state index in [0.717, 1.165) is 43.6 Å². The van der Waals surface area contributed by atoms with E-state index in [1.54, 1.807) is 12.2 Å². The summed E-state index contributed by atoms with van der Waals surface area (Å²) >= 11 is 0. The Morgan fingerprint density at radius 1 is 0.860 bits per heavy atom. The minimum atomic E-state index is -4.74. The standard InChI is InChI=1S/C35H30N4O8S2.Na/c1-4-21(13-34-38(19-48(40,41)42)30-15-24-22-9-5-7-11-26(22)36(2)28(24)17-32(30)46-34)14-35-39(20-49(43,44)45)31-16-25-23-10-6-8-12-27(23)37(3)29(25)18-33(31)47-35;/h5-18H,4,19-20H2,1-3H3,(H-,40,41,42,43,44,45);/q;+1. The number of anilines is 1. The third-order valence-electron chi connectivity index (χ3n) is 9.14. The first-order valence-electron chi connectivity index (χ1n) is 15.4. The van der Waals surface area contributed by atoms with Gasteiger partial charge >= 0.3 is 35.4 Å². The van der Waals surface area contributed by atoms with Crippen LogP contribution < -0.4 is 43.8 Å². The van der Waals surface area contributed by atoms with E-state index in [1.807, 2.05) is 103 Å². The Balaban J connectivity index is 0.00000392. The van der Waals surface area contributed by atoms with E-state index in [9.17, 15) is 25.9 Å². The van der Waals surface area contributed by atoms with Gasteiger partial charge in [-0.2, -0.15) is 8.42 Å². The monoisotopic (exact) mass is 721 g/mol. The van der Waals surface area contributed by atoms with Crippen LogP contribution >= 0.6 is 0 Å². The van der Waals surface area contributed by atoms with Gasteiger partial charge in [-0.15, -0.1) is 4.57 Å². The quantitative estimate of drug-likeness (QED) is 0.149. The first-order valence-corrected chi connectivity index (χ1v) is 18.6. The zero-order chi connectivity index (χ0) is 34.4. The first-order chi connectivity index (χ1) is 23.3. The summed E-state index contributed by atoms with van der Waals surface area (Å²) in [6.45, 7) is 1.86. The largest absolute Gasteiger partial charge is 1.00 e. The average molecular weight is 722 g/mol. The summed E-state index contributed by atoms with van der Waals surface area (Å²) in [5, 5.41) is 3.70. The summed E-state index contributed by atoms with van der Waals surface area (Å²) in [5.74, 6) is -0.987. The van der Waals surface area contributed by atoms with Crippen molar-refractivity contribution in [1.82, 2.24) is 9.13 Å². The van der Waals surface area contributed by atoms with Crippen molar-refractivity contribution >= 4 is 86.7 Å². The second-order valence-corrected chi connectivity index (χ2v) is 15.0. The van der Waals surface area contributed by atoms with Crippen LogP contribution in [0.4, 0.5) is 5.69 Å². The van der Waals surface area contributed by atoms with Gasteiger partial charge in [-0.1, -0.05) is 43.3 Å². The Bertz CT molecular complexity index is 2830. The number of nitrogens with zero attached hydrogens (tertiary/aromatic N) is 4. The van der Waals surface area contributed by atoms with E-state index in [1.165, 1.54) is 9.47 Å². The number of hydrogen-bond donors (Lipinski definition) is 1. The van der Waals surface area contributed by atoms with Crippen molar-refractivity contribution in [2.75, 3.05) is 10.8 Å². The second kappa shape index (κ2) is 12.3. The zero-order valence-electron chi connectivity index (χ0n) is 27.6. The van der Waals surface area contributed by atoms with Gasteiger partial charge in [0.25, 0.3) is 15.6 Å². The van der Waals surface area contributed by atoms with Crippen molar-refractivity contribution in [3.05, 3.63) is 96.2 Å². The van der Waals surface area contributed by atoms with Crippen LogP contribution in [-0.2, 0) is 40.2 Å². The SMILES string of the molecule is CCC(/C=C1\Oc2cc3c(cc2N1CS(=O)(=O)O)c1ccccc1n3C)=C\c1oc2cc3c(cc2[n+]1CS(=O)(=O)[O-])c1ccccc1n3C.[Na+]. The molecule has 3 aromatic heterocycles. The van der Waals surface area contributed by atoms with Gasteiger partial charge in [0.05, 0.1) is 22.8 Å². The van der Waals surface area contributed by atoms with Crippen LogP contribution in [-0.4, -0.2) is 41.0 Å². The molecule has 250 valence electrons. The number of hydrogen-bond acceptors (Lipinski definition) is 8. The Morgan fingerprint density at radius 3 is 2.06 bits per heavy atom. The van der Waals surface area contributed by atoms with Gasteiger partial charge in [0, 0.05) is 70.9 Å². The van der Waals surface area contributed by atoms with Crippen molar-refractivity contribution in [2.24, 2.45) is 14.1 Å². The Labute approximate surface area is 309 Å². The number of fused-ring (bicyclic) bond motifs is 8. The average Bonchev–Trinajstić information content (AvgIpc) is 3.73. The fourth-order valence-electron chi connectivity index (χ4n) is 6.87. The minimum Gasteiger partial charge on any atom is -0.743 e. The van der Waals surface area contributed by atoms with Crippen molar-refractivity contribution in [3.8, 4) is 5.75 Å². The molecule has 7 aromatic rings. The van der Waals surface area contributed by atoms with E-state index < -0.39 is 32.0 Å². The van der Waals surface area contributed by atoms with Crippen LogP contribution in [0.5, 0.6) is 5.75 Å². The molecule has 1 N–H and O–H groups in total. The molecule has 12 nitrogen and oxygen atoms in total. The predicted octanol–water partition coefficient (Wildman–Crippen LogP) is 2.90. The van der Waals surface area contributed by atoms with Gasteiger partial charge in [0.15, 0.2) is 21.7 Å². The Hall–Kier alpha value is -4.15. The predicted molar refractivity (Wildman–Crippen MR) is 186 cm³/mol. The molecule has 50 heavy (non-hydrogen) atoms. The third-order valence-corrected chi connectivity index (χ3v) is 10.3. The number of benzene rings is 4. The number of ether oxygens (including phenoxy) is 1. The topological polar surface area (TPSA) is 151 Å². The molecule has 0 radical (unpaired) electrons. The second-order valence-electron chi connectivity index (χ2n) is 12.2. The van der Waals surface area contributed by atoms with E-state index in [-0.39, 0.29) is 41.3 Å². The molecule has 8 rings (SSSR count). The molecule has 1 aliphatic heterocycles. The van der Waals surface area contributed by atoms with Gasteiger partial charge in [-0.05, 0) is 30.2 Å². The summed E-state index contributed by atoms with van der Waals surface area (Å²) in [7, 11) is -5.37. The molecule has 0 aliphatic carbocycles. The van der Waals surface area contributed by atoms with Gasteiger partial charge in [-0.25, -0.2) is 8.42 Å². The smallest absolute Gasteiger partial charge is 0.743 e. The summed E-state index contributed by atoms with van der Waals surface area (Å²) in [6.07, 6.45) is 3.60. The molecule has 0 bridgehead atoms. The van der Waals surface area contributed by atoms with Crippen LogP contribution in [0.15, 0.2) is 94.7 Å². The molecule has 0 amide bonds. The molecule has 0 saturated heterocycles. The Morgan fingerprint density at radius 2 is 1.46 bits per heavy atom. The Kier molecular flexibility index (Phi) is 8.42. The number of oxazole rings is 1. The number of para-hydroxylation sites is 2. The minimum absolute atomic E-state index is 0. The van der Waals surface area contributed by atoms with Gasteiger partial charge < -0.3 is 22.8 Å². The molecule has 0 atom stereocenters. The maximum absolute atomic E-state index is 12.2. The molecule has 0 spiro atoms. The van der Waals surface area contributed by atoms with Crippen LogP contribution in [0.3, 0.4) is 0 Å². The molecule has 4 heterocycles.